The first kappa shape index (κ1) is 19.9. The summed E-state index contributed by atoms with van der Waals surface area (Å²) in [5.74, 6) is 0.288. The predicted octanol–water partition coefficient (Wildman–Crippen LogP) is 5.72. The Balaban J connectivity index is 1.41. The van der Waals surface area contributed by atoms with E-state index in [0.29, 0.717) is 23.1 Å². The van der Waals surface area contributed by atoms with E-state index in [-0.39, 0.29) is 6.54 Å². The molecule has 5 rings (SSSR count). The highest BCUT2D eigenvalue weighted by molar-refractivity contribution is 5.91. The largest absolute Gasteiger partial charge is 0.350 e. The molecule has 6 nitrogen and oxygen atoms in total. The molecular weight excluding hydrogens is 410 g/mol. The molecule has 3 N–H and O–H groups in total. The fourth-order valence-corrected chi connectivity index (χ4v) is 3.56. The fourth-order valence-electron chi connectivity index (χ4n) is 3.56. The average molecular weight is 430 g/mol. The van der Waals surface area contributed by atoms with Crippen molar-refractivity contribution in [3.63, 3.8) is 0 Å². The lowest BCUT2D eigenvalue weighted by atomic mass is 10.0. The first-order valence-corrected chi connectivity index (χ1v) is 10.3. The van der Waals surface area contributed by atoms with Crippen LogP contribution in [0, 0.1) is 11.6 Å². The van der Waals surface area contributed by atoms with Crippen molar-refractivity contribution >= 4 is 34.1 Å². The molecule has 0 saturated heterocycles. The Kier molecular flexibility index (Phi) is 5.33. The SMILES string of the molecule is Fc1ccc(CNc2nc(Nc3cc(C4=CCCC=C4)[nH]n3)c3ccccc3n2)c(F)c1. The molecule has 0 atom stereocenters. The van der Waals surface area contributed by atoms with E-state index in [9.17, 15) is 8.78 Å². The molecule has 2 heterocycles. The van der Waals surface area contributed by atoms with Crippen LogP contribution in [-0.4, -0.2) is 20.2 Å². The van der Waals surface area contributed by atoms with Gasteiger partial charge in [-0.3, -0.25) is 5.10 Å². The van der Waals surface area contributed by atoms with Crippen LogP contribution in [0.4, 0.5) is 26.4 Å². The summed E-state index contributed by atoms with van der Waals surface area (Å²) in [4.78, 5) is 9.08. The average Bonchev–Trinajstić information content (AvgIpc) is 3.28. The van der Waals surface area contributed by atoms with Crippen molar-refractivity contribution < 1.29 is 8.78 Å². The Morgan fingerprint density at radius 3 is 2.75 bits per heavy atom. The van der Waals surface area contributed by atoms with Crippen LogP contribution >= 0.6 is 0 Å². The summed E-state index contributed by atoms with van der Waals surface area (Å²) in [5, 5.41) is 14.5. The third-order valence-corrected chi connectivity index (χ3v) is 5.19. The van der Waals surface area contributed by atoms with E-state index >= 15 is 0 Å². The van der Waals surface area contributed by atoms with Gasteiger partial charge in [-0.2, -0.15) is 10.1 Å². The summed E-state index contributed by atoms with van der Waals surface area (Å²) < 4.78 is 27.1. The molecule has 0 aliphatic heterocycles. The summed E-state index contributed by atoms with van der Waals surface area (Å²) in [6.45, 7) is 0.122. The number of halogens is 2. The van der Waals surface area contributed by atoms with Crippen LogP contribution in [-0.2, 0) is 6.54 Å². The molecule has 0 bridgehead atoms. The lowest BCUT2D eigenvalue weighted by Gasteiger charge is -2.11. The van der Waals surface area contributed by atoms with Gasteiger partial charge in [0.15, 0.2) is 5.82 Å². The predicted molar refractivity (Wildman–Crippen MR) is 121 cm³/mol. The number of hydrogen-bond donors (Lipinski definition) is 3. The molecule has 160 valence electrons. The quantitative estimate of drug-likeness (QED) is 0.365. The second-order valence-corrected chi connectivity index (χ2v) is 7.43. The smallest absolute Gasteiger partial charge is 0.225 e. The summed E-state index contributed by atoms with van der Waals surface area (Å²) in [6.07, 6.45) is 8.45. The van der Waals surface area contributed by atoms with Crippen molar-refractivity contribution in [2.45, 2.75) is 19.4 Å². The van der Waals surface area contributed by atoms with Crippen LogP contribution in [0.15, 0.2) is 66.8 Å². The Hall–Kier alpha value is -4.07. The molecule has 2 aromatic heterocycles. The van der Waals surface area contributed by atoms with Crippen LogP contribution < -0.4 is 10.6 Å². The molecule has 0 amide bonds. The maximum Gasteiger partial charge on any atom is 0.225 e. The summed E-state index contributed by atoms with van der Waals surface area (Å²) >= 11 is 0. The number of aromatic nitrogens is 4. The summed E-state index contributed by atoms with van der Waals surface area (Å²) in [6, 6.07) is 13.0. The zero-order valence-corrected chi connectivity index (χ0v) is 17.1. The van der Waals surface area contributed by atoms with Gasteiger partial charge in [-0.25, -0.2) is 13.8 Å². The summed E-state index contributed by atoms with van der Waals surface area (Å²) in [7, 11) is 0. The molecule has 8 heteroatoms. The van der Waals surface area contributed by atoms with E-state index in [0.717, 1.165) is 41.1 Å². The van der Waals surface area contributed by atoms with Crippen molar-refractivity contribution in [1.29, 1.82) is 0 Å². The van der Waals surface area contributed by atoms with Crippen LogP contribution in [0.1, 0.15) is 24.1 Å². The first-order valence-electron chi connectivity index (χ1n) is 10.3. The summed E-state index contributed by atoms with van der Waals surface area (Å²) in [5.41, 5.74) is 3.07. The monoisotopic (exact) mass is 430 g/mol. The number of allylic oxidation sites excluding steroid dienone is 4. The lowest BCUT2D eigenvalue weighted by Crippen LogP contribution is -2.07. The van der Waals surface area contributed by atoms with E-state index in [2.05, 4.69) is 49.0 Å². The van der Waals surface area contributed by atoms with Gasteiger partial charge in [0, 0.05) is 29.6 Å². The molecule has 4 aromatic rings. The highest BCUT2D eigenvalue weighted by atomic mass is 19.1. The Bertz CT molecular complexity index is 1340. The maximum atomic E-state index is 14.0. The minimum Gasteiger partial charge on any atom is -0.350 e. The van der Waals surface area contributed by atoms with Gasteiger partial charge in [0.05, 0.1) is 11.2 Å². The number of rotatable bonds is 6. The number of benzene rings is 2. The van der Waals surface area contributed by atoms with E-state index in [4.69, 9.17) is 0 Å². The van der Waals surface area contributed by atoms with Crippen molar-refractivity contribution in [3.05, 3.63) is 89.7 Å². The fraction of sp³-hybridized carbons (Fsp3) is 0.125. The van der Waals surface area contributed by atoms with E-state index in [1.54, 1.807) is 0 Å². The number of fused-ring (bicyclic) bond motifs is 1. The van der Waals surface area contributed by atoms with E-state index in [1.165, 1.54) is 12.1 Å². The number of nitrogens with zero attached hydrogens (tertiary/aromatic N) is 3. The molecule has 0 spiro atoms. The second kappa shape index (κ2) is 8.58. The first-order chi connectivity index (χ1) is 15.7. The molecule has 0 saturated carbocycles. The van der Waals surface area contributed by atoms with Crippen molar-refractivity contribution in [2.75, 3.05) is 10.6 Å². The molecule has 0 radical (unpaired) electrons. The van der Waals surface area contributed by atoms with Crippen LogP contribution in [0.5, 0.6) is 0 Å². The third kappa shape index (κ3) is 4.20. The van der Waals surface area contributed by atoms with Crippen molar-refractivity contribution in [1.82, 2.24) is 20.2 Å². The molecule has 0 unspecified atom stereocenters. The molecular formula is C24H20F2N6. The van der Waals surface area contributed by atoms with Gasteiger partial charge < -0.3 is 10.6 Å². The second-order valence-electron chi connectivity index (χ2n) is 7.43. The van der Waals surface area contributed by atoms with Gasteiger partial charge >= 0.3 is 0 Å². The number of hydrogen-bond acceptors (Lipinski definition) is 5. The number of para-hydroxylation sites is 1. The number of nitrogens with one attached hydrogen (secondary N) is 3. The molecule has 32 heavy (non-hydrogen) atoms. The highest BCUT2D eigenvalue weighted by Gasteiger charge is 2.12. The molecule has 2 aromatic carbocycles. The van der Waals surface area contributed by atoms with Gasteiger partial charge in [-0.15, -0.1) is 0 Å². The normalized spacial score (nSPS) is 13.2. The van der Waals surface area contributed by atoms with E-state index in [1.807, 2.05) is 30.3 Å². The number of H-pyrrole nitrogens is 1. The standard InChI is InChI=1S/C24H20F2N6/c25-17-11-10-16(19(26)12-17)14-27-24-28-20-9-5-4-8-18(20)23(30-24)29-22-13-21(31-32-22)15-6-2-1-3-7-15/h2,4-13H,1,3,14H2,(H3,27,28,29,30,31,32). The Morgan fingerprint density at radius 2 is 1.91 bits per heavy atom. The van der Waals surface area contributed by atoms with Crippen molar-refractivity contribution in [3.8, 4) is 0 Å². The van der Waals surface area contributed by atoms with Crippen LogP contribution in [0.25, 0.3) is 16.5 Å². The molecule has 1 aliphatic carbocycles. The van der Waals surface area contributed by atoms with Gasteiger partial charge in [-0.05, 0) is 36.6 Å². The van der Waals surface area contributed by atoms with Crippen LogP contribution in [0.2, 0.25) is 0 Å². The minimum absolute atomic E-state index is 0.122. The molecule has 1 aliphatic rings. The van der Waals surface area contributed by atoms with Gasteiger partial charge in [-0.1, -0.05) is 36.4 Å². The molecule has 0 fully saturated rings. The number of anilines is 3. The van der Waals surface area contributed by atoms with Crippen LogP contribution in [0.3, 0.4) is 0 Å². The van der Waals surface area contributed by atoms with E-state index < -0.39 is 11.6 Å². The zero-order valence-electron chi connectivity index (χ0n) is 17.1. The minimum atomic E-state index is -0.619. The van der Waals surface area contributed by atoms with Gasteiger partial charge in [0.1, 0.15) is 17.5 Å². The Labute approximate surface area is 183 Å². The Morgan fingerprint density at radius 1 is 1.00 bits per heavy atom. The van der Waals surface area contributed by atoms with Crippen molar-refractivity contribution in [2.24, 2.45) is 0 Å². The number of aromatic amines is 1. The zero-order chi connectivity index (χ0) is 21.9. The third-order valence-electron chi connectivity index (χ3n) is 5.19. The highest BCUT2D eigenvalue weighted by Crippen LogP contribution is 2.27. The maximum absolute atomic E-state index is 14.0. The lowest BCUT2D eigenvalue weighted by molar-refractivity contribution is 0.574. The topological polar surface area (TPSA) is 78.5 Å². The van der Waals surface area contributed by atoms with Gasteiger partial charge in [0.25, 0.3) is 0 Å². The van der Waals surface area contributed by atoms with Gasteiger partial charge in [0.2, 0.25) is 5.95 Å².